The number of anilines is 1. The molecule has 0 aliphatic heterocycles. The summed E-state index contributed by atoms with van der Waals surface area (Å²) < 4.78 is 13.1. The molecule has 0 heterocycles. The van der Waals surface area contributed by atoms with Gasteiger partial charge in [-0.2, -0.15) is 0 Å². The molecule has 0 saturated heterocycles. The van der Waals surface area contributed by atoms with E-state index in [2.05, 4.69) is 10.6 Å². The maximum absolute atomic E-state index is 13.1. The lowest BCUT2D eigenvalue weighted by molar-refractivity contribution is -0.131. The first kappa shape index (κ1) is 16.1. The summed E-state index contributed by atoms with van der Waals surface area (Å²) in [6, 6.07) is 3.48. The van der Waals surface area contributed by atoms with Gasteiger partial charge in [0.1, 0.15) is 11.9 Å². The van der Waals surface area contributed by atoms with Gasteiger partial charge in [-0.25, -0.2) is 4.39 Å². The highest BCUT2D eigenvalue weighted by Crippen LogP contribution is 2.17. The smallest absolute Gasteiger partial charge is 0.246 e. The number of rotatable bonds is 3. The number of carbonyl (C=O) groups excluding carboxylic acids is 2. The first-order valence-electron chi connectivity index (χ1n) is 6.49. The fourth-order valence-electron chi connectivity index (χ4n) is 1.45. The van der Waals surface area contributed by atoms with Crippen LogP contribution in [0.15, 0.2) is 18.2 Å². The Labute approximate surface area is 118 Å². The van der Waals surface area contributed by atoms with E-state index in [4.69, 9.17) is 0 Å². The topological polar surface area (TPSA) is 58.2 Å². The van der Waals surface area contributed by atoms with Gasteiger partial charge >= 0.3 is 0 Å². The van der Waals surface area contributed by atoms with Gasteiger partial charge in [0.25, 0.3) is 0 Å². The van der Waals surface area contributed by atoms with Gasteiger partial charge in [-0.05, 0) is 31.5 Å². The zero-order valence-corrected chi connectivity index (χ0v) is 12.5. The summed E-state index contributed by atoms with van der Waals surface area (Å²) in [5, 5.41) is 5.24. The van der Waals surface area contributed by atoms with Gasteiger partial charge in [0.05, 0.1) is 0 Å². The quantitative estimate of drug-likeness (QED) is 0.894. The molecular formula is C15H21FN2O2. The first-order valence-corrected chi connectivity index (χ1v) is 6.49. The van der Waals surface area contributed by atoms with E-state index in [0.717, 1.165) is 5.56 Å². The fraction of sp³-hybridized carbons (Fsp3) is 0.467. The Morgan fingerprint density at radius 3 is 2.40 bits per heavy atom. The van der Waals surface area contributed by atoms with Crippen LogP contribution in [0, 0.1) is 18.2 Å². The van der Waals surface area contributed by atoms with E-state index in [9.17, 15) is 14.0 Å². The molecule has 2 N–H and O–H groups in total. The molecule has 0 fully saturated rings. The molecule has 0 radical (unpaired) electrons. The minimum atomic E-state index is -0.690. The second kappa shape index (κ2) is 6.03. The third-order valence-electron chi connectivity index (χ3n) is 2.88. The third kappa shape index (κ3) is 4.33. The maximum atomic E-state index is 13.1. The summed E-state index contributed by atoms with van der Waals surface area (Å²) in [4.78, 5) is 23.8. The van der Waals surface area contributed by atoms with Crippen LogP contribution in [-0.4, -0.2) is 17.9 Å². The molecule has 2 amide bonds. The molecule has 0 aliphatic rings. The first-order chi connectivity index (χ1) is 9.11. The van der Waals surface area contributed by atoms with Crippen molar-refractivity contribution in [1.82, 2.24) is 5.32 Å². The summed E-state index contributed by atoms with van der Waals surface area (Å²) in [5.41, 5.74) is 0.601. The molecule has 1 atom stereocenters. The highest BCUT2D eigenvalue weighted by molar-refractivity contribution is 5.97. The Morgan fingerprint density at radius 2 is 1.85 bits per heavy atom. The Hall–Kier alpha value is -1.91. The highest BCUT2D eigenvalue weighted by atomic mass is 19.1. The van der Waals surface area contributed by atoms with E-state index in [1.165, 1.54) is 12.1 Å². The van der Waals surface area contributed by atoms with E-state index < -0.39 is 17.3 Å². The van der Waals surface area contributed by atoms with Gasteiger partial charge in [-0.15, -0.1) is 0 Å². The molecule has 0 saturated carbocycles. The summed E-state index contributed by atoms with van der Waals surface area (Å²) >= 11 is 0. The maximum Gasteiger partial charge on any atom is 0.246 e. The molecule has 0 spiro atoms. The van der Waals surface area contributed by atoms with Crippen molar-refractivity contribution in [3.63, 3.8) is 0 Å². The number of carbonyl (C=O) groups is 2. The molecular weight excluding hydrogens is 259 g/mol. The van der Waals surface area contributed by atoms with Crippen LogP contribution < -0.4 is 10.6 Å². The van der Waals surface area contributed by atoms with Crippen molar-refractivity contribution < 1.29 is 14.0 Å². The Balaban J connectivity index is 2.71. The van der Waals surface area contributed by atoms with Crippen molar-refractivity contribution >= 4 is 17.5 Å². The zero-order chi connectivity index (χ0) is 15.5. The van der Waals surface area contributed by atoms with Crippen LogP contribution in [0.2, 0.25) is 0 Å². The van der Waals surface area contributed by atoms with Crippen LogP contribution >= 0.6 is 0 Å². The number of hydrogen-bond donors (Lipinski definition) is 2. The van der Waals surface area contributed by atoms with E-state index in [1.807, 2.05) is 0 Å². The van der Waals surface area contributed by atoms with Crippen LogP contribution in [-0.2, 0) is 9.59 Å². The third-order valence-corrected chi connectivity index (χ3v) is 2.88. The average Bonchev–Trinajstić information content (AvgIpc) is 2.32. The Bertz CT molecular complexity index is 521. The predicted molar refractivity (Wildman–Crippen MR) is 76.8 cm³/mol. The second-order valence-corrected chi connectivity index (χ2v) is 5.89. The van der Waals surface area contributed by atoms with Gasteiger partial charge in [0, 0.05) is 11.1 Å². The summed E-state index contributed by atoms with van der Waals surface area (Å²) in [6.45, 7) is 8.66. The Kier molecular flexibility index (Phi) is 4.87. The molecule has 0 aliphatic carbocycles. The van der Waals surface area contributed by atoms with Crippen LogP contribution in [0.4, 0.5) is 10.1 Å². The summed E-state index contributed by atoms with van der Waals surface area (Å²) in [7, 11) is 0. The average molecular weight is 280 g/mol. The molecule has 4 nitrogen and oxygen atoms in total. The Morgan fingerprint density at radius 1 is 1.25 bits per heavy atom. The van der Waals surface area contributed by atoms with Gasteiger partial charge in [0.2, 0.25) is 11.8 Å². The van der Waals surface area contributed by atoms with E-state index >= 15 is 0 Å². The van der Waals surface area contributed by atoms with E-state index in [1.54, 1.807) is 40.7 Å². The number of benzene rings is 1. The van der Waals surface area contributed by atoms with Crippen molar-refractivity contribution in [3.05, 3.63) is 29.6 Å². The largest absolute Gasteiger partial charge is 0.344 e. The highest BCUT2D eigenvalue weighted by Gasteiger charge is 2.25. The van der Waals surface area contributed by atoms with Gasteiger partial charge in [0.15, 0.2) is 0 Å². The molecule has 5 heteroatoms. The van der Waals surface area contributed by atoms with Crippen molar-refractivity contribution in [1.29, 1.82) is 0 Å². The molecule has 0 bridgehead atoms. The number of amides is 2. The van der Waals surface area contributed by atoms with E-state index in [-0.39, 0.29) is 11.8 Å². The predicted octanol–water partition coefficient (Wildman–Crippen LogP) is 2.62. The van der Waals surface area contributed by atoms with Gasteiger partial charge < -0.3 is 10.6 Å². The van der Waals surface area contributed by atoms with Crippen molar-refractivity contribution in [2.75, 3.05) is 5.32 Å². The summed E-state index contributed by atoms with van der Waals surface area (Å²) in [5.74, 6) is -1.01. The van der Waals surface area contributed by atoms with Crippen molar-refractivity contribution in [2.45, 2.75) is 40.7 Å². The minimum absolute atomic E-state index is 0.212. The van der Waals surface area contributed by atoms with Gasteiger partial charge in [-0.3, -0.25) is 9.59 Å². The van der Waals surface area contributed by atoms with E-state index in [0.29, 0.717) is 5.69 Å². The monoisotopic (exact) mass is 280 g/mol. The lowest BCUT2D eigenvalue weighted by Gasteiger charge is -2.21. The molecule has 0 aromatic heterocycles. The summed E-state index contributed by atoms with van der Waals surface area (Å²) in [6.07, 6.45) is 0. The standard InChI is InChI=1S/C15H21FN2O2/c1-9-6-7-11(16)8-12(9)18-13(19)10(2)17-14(20)15(3,4)5/h6-8,10H,1-5H3,(H,17,20)(H,18,19)/t10-/m1/s1. The molecule has 1 aromatic rings. The minimum Gasteiger partial charge on any atom is -0.344 e. The van der Waals surface area contributed by atoms with Crippen LogP contribution in [0.3, 0.4) is 0 Å². The number of halogens is 1. The zero-order valence-electron chi connectivity index (χ0n) is 12.5. The van der Waals surface area contributed by atoms with Crippen LogP contribution in [0.1, 0.15) is 33.3 Å². The number of hydrogen-bond acceptors (Lipinski definition) is 2. The SMILES string of the molecule is Cc1ccc(F)cc1NC(=O)[C@@H](C)NC(=O)C(C)(C)C. The molecule has 110 valence electrons. The molecule has 0 unspecified atom stereocenters. The number of nitrogens with one attached hydrogen (secondary N) is 2. The van der Waals surface area contributed by atoms with Crippen LogP contribution in [0.5, 0.6) is 0 Å². The molecule has 20 heavy (non-hydrogen) atoms. The second-order valence-electron chi connectivity index (χ2n) is 5.89. The number of aryl methyl sites for hydroxylation is 1. The fourth-order valence-corrected chi connectivity index (χ4v) is 1.45. The normalized spacial score (nSPS) is 12.7. The lowest BCUT2D eigenvalue weighted by Crippen LogP contribution is -2.46. The molecule has 1 aromatic carbocycles. The van der Waals surface area contributed by atoms with Crippen molar-refractivity contribution in [2.24, 2.45) is 5.41 Å². The van der Waals surface area contributed by atoms with Gasteiger partial charge in [-0.1, -0.05) is 26.8 Å². The molecule has 1 rings (SSSR count). The lowest BCUT2D eigenvalue weighted by atomic mass is 9.95. The van der Waals surface area contributed by atoms with Crippen LogP contribution in [0.25, 0.3) is 0 Å². The van der Waals surface area contributed by atoms with Crippen molar-refractivity contribution in [3.8, 4) is 0 Å².